The van der Waals surface area contributed by atoms with Gasteiger partial charge in [0.2, 0.25) is 5.95 Å². The van der Waals surface area contributed by atoms with Crippen molar-refractivity contribution in [2.24, 2.45) is 0 Å². The van der Waals surface area contributed by atoms with Gasteiger partial charge in [-0.25, -0.2) is 15.4 Å². The monoisotopic (exact) mass is 381 g/mol. The van der Waals surface area contributed by atoms with Crippen LogP contribution in [0.25, 0.3) is 11.3 Å². The Hall–Kier alpha value is -3.23. The second kappa shape index (κ2) is 9.12. The predicted octanol–water partition coefficient (Wildman–Crippen LogP) is 2.61. The van der Waals surface area contributed by atoms with Gasteiger partial charge in [0.05, 0.1) is 24.9 Å². The lowest BCUT2D eigenvalue weighted by atomic mass is 10.1. The molecule has 3 aromatic rings. The molecule has 2 aromatic heterocycles. The van der Waals surface area contributed by atoms with Gasteiger partial charge in [-0.2, -0.15) is 0 Å². The van der Waals surface area contributed by atoms with Crippen LogP contribution in [0.15, 0.2) is 48.8 Å². The van der Waals surface area contributed by atoms with Crippen LogP contribution in [-0.4, -0.2) is 39.2 Å². The molecule has 8 heteroatoms. The normalized spacial score (nSPS) is 11.8. The molecule has 2 heterocycles. The number of anilines is 1. The largest absolute Gasteiger partial charge is 0.394 e. The Morgan fingerprint density at radius 2 is 2.11 bits per heavy atom. The molecule has 1 amide bonds. The minimum absolute atomic E-state index is 0.194. The number of nitrogens with one attached hydrogen (secondary N) is 3. The number of nitrogens with zero attached hydrogens (tertiary/aromatic N) is 2. The van der Waals surface area contributed by atoms with Crippen molar-refractivity contribution in [3.63, 3.8) is 0 Å². The van der Waals surface area contributed by atoms with E-state index in [1.165, 1.54) is 0 Å². The molecule has 0 radical (unpaired) electrons. The molecule has 0 unspecified atom stereocenters. The van der Waals surface area contributed by atoms with E-state index < -0.39 is 6.04 Å². The van der Waals surface area contributed by atoms with Crippen molar-refractivity contribution >= 4 is 11.9 Å². The molecular weight excluding hydrogens is 358 g/mol. The zero-order chi connectivity index (χ0) is 19.9. The summed E-state index contributed by atoms with van der Waals surface area (Å²) in [7, 11) is 0. The highest BCUT2D eigenvalue weighted by atomic mass is 16.6. The number of amides is 1. The van der Waals surface area contributed by atoms with Crippen LogP contribution in [0.5, 0.6) is 0 Å². The topological polar surface area (TPSA) is 112 Å². The van der Waals surface area contributed by atoms with E-state index in [0.717, 1.165) is 16.7 Å². The van der Waals surface area contributed by atoms with Gasteiger partial charge in [0.15, 0.2) is 0 Å². The van der Waals surface area contributed by atoms with Crippen molar-refractivity contribution in [1.29, 1.82) is 0 Å². The molecule has 1 atom stereocenters. The molecule has 0 aliphatic carbocycles. The van der Waals surface area contributed by atoms with Crippen LogP contribution in [0, 0.1) is 6.92 Å². The number of aliphatic hydroxyl groups excluding tert-OH is 1. The van der Waals surface area contributed by atoms with Crippen LogP contribution in [0.3, 0.4) is 0 Å². The highest BCUT2D eigenvalue weighted by Gasteiger charge is 2.17. The molecule has 4 N–H and O–H groups in total. The molecule has 0 bridgehead atoms. The number of hydrogen-bond acceptors (Lipinski definition) is 6. The third-order valence-corrected chi connectivity index (χ3v) is 4.17. The summed E-state index contributed by atoms with van der Waals surface area (Å²) in [6.07, 6.45) is 3.40. The van der Waals surface area contributed by atoms with E-state index in [4.69, 9.17) is 4.84 Å². The van der Waals surface area contributed by atoms with Gasteiger partial charge in [-0.15, -0.1) is 0 Å². The first-order chi connectivity index (χ1) is 13.6. The van der Waals surface area contributed by atoms with Crippen molar-refractivity contribution in [2.75, 3.05) is 18.7 Å². The van der Waals surface area contributed by atoms with E-state index >= 15 is 0 Å². The molecule has 0 spiro atoms. The molecule has 3 rings (SSSR count). The maximum atomic E-state index is 12.6. The first-order valence-electron chi connectivity index (χ1n) is 8.99. The molecule has 146 valence electrons. The fourth-order valence-electron chi connectivity index (χ4n) is 2.74. The Bertz CT molecular complexity index is 927. The average Bonchev–Trinajstić information content (AvgIpc) is 3.22. The van der Waals surface area contributed by atoms with Gasteiger partial charge in [0.25, 0.3) is 5.91 Å². The third-order valence-electron chi connectivity index (χ3n) is 4.17. The van der Waals surface area contributed by atoms with Gasteiger partial charge in [0.1, 0.15) is 5.69 Å². The maximum Gasteiger partial charge on any atom is 0.268 e. The average molecular weight is 381 g/mol. The molecule has 0 fully saturated rings. The highest BCUT2D eigenvalue weighted by Crippen LogP contribution is 2.23. The number of carbonyl (C=O) groups is 1. The summed E-state index contributed by atoms with van der Waals surface area (Å²) >= 11 is 0. The quantitative estimate of drug-likeness (QED) is 0.446. The molecule has 0 aliphatic heterocycles. The molecule has 0 saturated carbocycles. The highest BCUT2D eigenvalue weighted by molar-refractivity contribution is 5.94. The van der Waals surface area contributed by atoms with Crippen LogP contribution in [0.4, 0.5) is 5.95 Å². The zero-order valence-corrected chi connectivity index (χ0v) is 15.8. The Morgan fingerprint density at radius 3 is 2.82 bits per heavy atom. The number of benzene rings is 1. The first-order valence-corrected chi connectivity index (χ1v) is 8.99. The molecule has 8 nitrogen and oxygen atoms in total. The van der Waals surface area contributed by atoms with Gasteiger partial charge in [-0.05, 0) is 31.0 Å². The summed E-state index contributed by atoms with van der Waals surface area (Å²) in [6, 6.07) is 10.6. The molecule has 0 saturated heterocycles. The summed E-state index contributed by atoms with van der Waals surface area (Å²) in [5, 5.41) is 12.5. The smallest absolute Gasteiger partial charge is 0.268 e. The number of aryl methyl sites for hydroxylation is 1. The Kier molecular flexibility index (Phi) is 6.36. The van der Waals surface area contributed by atoms with Crippen molar-refractivity contribution in [2.45, 2.75) is 19.9 Å². The van der Waals surface area contributed by atoms with Crippen molar-refractivity contribution in [3.8, 4) is 11.3 Å². The van der Waals surface area contributed by atoms with Gasteiger partial charge in [0, 0.05) is 18.0 Å². The Morgan fingerprint density at radius 1 is 1.32 bits per heavy atom. The predicted molar refractivity (Wildman–Crippen MR) is 106 cm³/mol. The molecule has 0 aliphatic rings. The lowest BCUT2D eigenvalue weighted by molar-refractivity contribution is 0.0912. The van der Waals surface area contributed by atoms with Gasteiger partial charge < -0.3 is 15.4 Å². The van der Waals surface area contributed by atoms with Crippen molar-refractivity contribution in [1.82, 2.24) is 20.3 Å². The van der Waals surface area contributed by atoms with Gasteiger partial charge >= 0.3 is 0 Å². The lowest BCUT2D eigenvalue weighted by Crippen LogP contribution is -2.30. The van der Waals surface area contributed by atoms with Crippen molar-refractivity contribution in [3.05, 3.63) is 65.6 Å². The second-order valence-electron chi connectivity index (χ2n) is 6.18. The van der Waals surface area contributed by atoms with Crippen molar-refractivity contribution < 1.29 is 14.7 Å². The fraction of sp³-hybridized carbons (Fsp3) is 0.250. The van der Waals surface area contributed by atoms with Crippen LogP contribution in [0.1, 0.15) is 34.6 Å². The lowest BCUT2D eigenvalue weighted by Gasteiger charge is -2.16. The van der Waals surface area contributed by atoms with Gasteiger partial charge in [-0.3, -0.25) is 9.63 Å². The maximum absolute atomic E-state index is 12.6. The minimum Gasteiger partial charge on any atom is -0.394 e. The second-order valence-corrected chi connectivity index (χ2v) is 6.18. The van der Waals surface area contributed by atoms with E-state index in [0.29, 0.717) is 23.9 Å². The first kappa shape index (κ1) is 19.5. The standard InChI is InChI=1S/C20H23N5O3/c1-3-28-25-20-22-10-13(2)18(24-20)15-9-16(21-11-15)19(27)23-17(12-26)14-7-5-4-6-8-14/h4-11,17,21,26H,3,12H2,1-2H3,(H,23,27)(H,22,24,25)/t17-/m1/s1. The summed E-state index contributed by atoms with van der Waals surface area (Å²) in [5.74, 6) is 0.0348. The minimum atomic E-state index is -0.483. The van der Waals surface area contributed by atoms with E-state index in [2.05, 4.69) is 25.7 Å². The molecule has 1 aromatic carbocycles. The number of H-pyrrole nitrogens is 1. The van der Waals surface area contributed by atoms with E-state index in [9.17, 15) is 9.90 Å². The van der Waals surface area contributed by atoms with Crippen LogP contribution < -0.4 is 10.8 Å². The number of rotatable bonds is 8. The van der Waals surface area contributed by atoms with E-state index in [-0.39, 0.29) is 12.5 Å². The fourth-order valence-corrected chi connectivity index (χ4v) is 2.74. The summed E-state index contributed by atoms with van der Waals surface area (Å²) in [4.78, 5) is 29.3. The van der Waals surface area contributed by atoms with Gasteiger partial charge in [-0.1, -0.05) is 30.3 Å². The van der Waals surface area contributed by atoms with Crippen LogP contribution in [0.2, 0.25) is 0 Å². The number of aromatic nitrogens is 3. The van der Waals surface area contributed by atoms with Crippen LogP contribution >= 0.6 is 0 Å². The molecule has 28 heavy (non-hydrogen) atoms. The van der Waals surface area contributed by atoms with Crippen LogP contribution in [-0.2, 0) is 4.84 Å². The summed E-state index contributed by atoms with van der Waals surface area (Å²) < 4.78 is 0. The number of carbonyl (C=O) groups excluding carboxylic acids is 1. The Labute approximate surface area is 163 Å². The molecular formula is C20H23N5O3. The van der Waals surface area contributed by atoms with E-state index in [1.54, 1.807) is 18.5 Å². The SMILES string of the molecule is CCONc1ncc(C)c(-c2c[nH]c(C(=O)N[C@H](CO)c3ccccc3)c2)n1. The third kappa shape index (κ3) is 4.54. The summed E-state index contributed by atoms with van der Waals surface area (Å²) in [6.45, 7) is 4.03. The number of aromatic amines is 1. The van der Waals surface area contributed by atoms with E-state index in [1.807, 2.05) is 44.2 Å². The summed E-state index contributed by atoms with van der Waals surface area (Å²) in [5.41, 5.74) is 6.20. The Balaban J connectivity index is 1.77. The number of hydrogen-bond donors (Lipinski definition) is 4. The zero-order valence-electron chi connectivity index (χ0n) is 15.8. The number of aliphatic hydroxyl groups is 1.